The van der Waals surface area contributed by atoms with Gasteiger partial charge in [0.25, 0.3) is 0 Å². The molecular weight excluding hydrogens is 240 g/mol. The first-order chi connectivity index (χ1) is 9.20. The molecule has 1 N–H and O–H groups in total. The van der Waals surface area contributed by atoms with Crippen LogP contribution in [-0.2, 0) is 4.79 Å². The lowest BCUT2D eigenvalue weighted by Crippen LogP contribution is -2.28. The van der Waals surface area contributed by atoms with Crippen LogP contribution in [0.3, 0.4) is 0 Å². The van der Waals surface area contributed by atoms with Crippen LogP contribution in [0.1, 0.15) is 35.2 Å². The first-order valence-corrected chi connectivity index (χ1v) is 6.48. The number of allylic oxidation sites excluding steroid dienone is 3. The second-order valence-corrected chi connectivity index (χ2v) is 4.93. The minimum atomic E-state index is -0.562. The number of rotatable bonds is 1. The third-order valence-electron chi connectivity index (χ3n) is 3.76. The van der Waals surface area contributed by atoms with Crippen LogP contribution in [0.5, 0.6) is 0 Å². The van der Waals surface area contributed by atoms with Crippen molar-refractivity contribution in [3.05, 3.63) is 53.1 Å². The summed E-state index contributed by atoms with van der Waals surface area (Å²) in [7, 11) is 0. The van der Waals surface area contributed by atoms with Crippen molar-refractivity contribution in [2.75, 3.05) is 0 Å². The summed E-state index contributed by atoms with van der Waals surface area (Å²) in [6.45, 7) is 0. The van der Waals surface area contributed by atoms with Crippen LogP contribution < -0.4 is 0 Å². The number of Topliss-reactive ketones (excluding diaryl/α,β-unsaturated/α-hetero) is 2. The Hall–Kier alpha value is -2.16. The Morgan fingerprint density at radius 3 is 2.47 bits per heavy atom. The molecule has 2 aliphatic rings. The molecule has 3 heteroatoms. The smallest absolute Gasteiger partial charge is 0.234 e. The van der Waals surface area contributed by atoms with E-state index in [4.69, 9.17) is 0 Å². The van der Waals surface area contributed by atoms with Crippen molar-refractivity contribution in [2.45, 2.75) is 19.3 Å². The standard InChI is InChI=1S/C16H14O3/c17-14-11-8-4-5-9-12(11)15(18)16(19)13(14)10-6-2-1-3-7-10/h2,4-6,8-10,17H,1,3,7H2/t10-/m0/s1. The summed E-state index contributed by atoms with van der Waals surface area (Å²) in [6.07, 6.45) is 6.70. The van der Waals surface area contributed by atoms with Crippen molar-refractivity contribution in [3.8, 4) is 0 Å². The summed E-state index contributed by atoms with van der Waals surface area (Å²) < 4.78 is 0. The van der Waals surface area contributed by atoms with Crippen molar-refractivity contribution < 1.29 is 14.7 Å². The Kier molecular flexibility index (Phi) is 2.82. The van der Waals surface area contributed by atoms with E-state index in [0.717, 1.165) is 19.3 Å². The molecule has 0 saturated carbocycles. The molecule has 1 atom stereocenters. The second-order valence-electron chi connectivity index (χ2n) is 4.93. The van der Waals surface area contributed by atoms with Gasteiger partial charge in [-0.2, -0.15) is 0 Å². The Morgan fingerprint density at radius 1 is 1.05 bits per heavy atom. The molecule has 0 unspecified atom stereocenters. The van der Waals surface area contributed by atoms with Crippen LogP contribution in [0, 0.1) is 5.92 Å². The Balaban J connectivity index is 2.17. The number of benzene rings is 1. The van der Waals surface area contributed by atoms with E-state index < -0.39 is 11.6 Å². The van der Waals surface area contributed by atoms with Crippen molar-refractivity contribution in [3.63, 3.8) is 0 Å². The average Bonchev–Trinajstić information content (AvgIpc) is 2.46. The van der Waals surface area contributed by atoms with E-state index in [-0.39, 0.29) is 17.3 Å². The zero-order valence-electron chi connectivity index (χ0n) is 10.4. The van der Waals surface area contributed by atoms with Gasteiger partial charge in [0.05, 0.1) is 5.57 Å². The number of hydrogen-bond donors (Lipinski definition) is 1. The first kappa shape index (κ1) is 11.9. The molecule has 1 aromatic rings. The van der Waals surface area contributed by atoms with Gasteiger partial charge in [0, 0.05) is 17.0 Å². The minimum Gasteiger partial charge on any atom is -0.507 e. The van der Waals surface area contributed by atoms with E-state index in [9.17, 15) is 14.7 Å². The van der Waals surface area contributed by atoms with Gasteiger partial charge in [-0.1, -0.05) is 36.4 Å². The molecule has 0 amide bonds. The minimum absolute atomic E-state index is 0.0308. The molecule has 0 radical (unpaired) electrons. The van der Waals surface area contributed by atoms with Gasteiger partial charge in [-0.15, -0.1) is 0 Å². The molecular formula is C16H14O3. The van der Waals surface area contributed by atoms with E-state index in [1.165, 1.54) is 0 Å². The van der Waals surface area contributed by atoms with Crippen molar-refractivity contribution in [1.82, 2.24) is 0 Å². The Labute approximate surface area is 111 Å². The molecule has 0 aliphatic heterocycles. The zero-order chi connectivity index (χ0) is 13.4. The molecule has 2 aliphatic carbocycles. The van der Waals surface area contributed by atoms with Crippen LogP contribution in [0.15, 0.2) is 42.0 Å². The van der Waals surface area contributed by atoms with Crippen molar-refractivity contribution in [1.29, 1.82) is 0 Å². The SMILES string of the molecule is O=C1C(=O)c2ccccc2C(O)=C1[C@H]1C=CCCC1. The number of hydrogen-bond acceptors (Lipinski definition) is 3. The largest absolute Gasteiger partial charge is 0.507 e. The summed E-state index contributed by atoms with van der Waals surface area (Å²) >= 11 is 0. The third kappa shape index (κ3) is 1.82. The maximum Gasteiger partial charge on any atom is 0.234 e. The first-order valence-electron chi connectivity index (χ1n) is 6.48. The van der Waals surface area contributed by atoms with Gasteiger partial charge in [0.1, 0.15) is 5.76 Å². The lowest BCUT2D eigenvalue weighted by molar-refractivity contribution is -0.112. The highest BCUT2D eigenvalue weighted by Crippen LogP contribution is 2.35. The molecule has 1 aromatic carbocycles. The molecule has 3 rings (SSSR count). The van der Waals surface area contributed by atoms with Crippen molar-refractivity contribution >= 4 is 17.3 Å². The average molecular weight is 254 g/mol. The van der Waals surface area contributed by atoms with Gasteiger partial charge in [-0.3, -0.25) is 9.59 Å². The van der Waals surface area contributed by atoms with Gasteiger partial charge in [0.15, 0.2) is 0 Å². The number of carbonyl (C=O) groups is 2. The van der Waals surface area contributed by atoms with E-state index in [0.29, 0.717) is 11.1 Å². The normalized spacial score (nSPS) is 22.6. The van der Waals surface area contributed by atoms with Gasteiger partial charge < -0.3 is 5.11 Å². The molecule has 0 fully saturated rings. The molecule has 19 heavy (non-hydrogen) atoms. The summed E-state index contributed by atoms with van der Waals surface area (Å²) in [6, 6.07) is 6.72. The second kappa shape index (κ2) is 4.50. The third-order valence-corrected chi connectivity index (χ3v) is 3.76. The van der Waals surface area contributed by atoms with Crippen LogP contribution in [0.25, 0.3) is 5.76 Å². The molecule has 96 valence electrons. The topological polar surface area (TPSA) is 54.4 Å². The van der Waals surface area contributed by atoms with Gasteiger partial charge in [-0.05, 0) is 19.3 Å². The van der Waals surface area contributed by atoms with Crippen molar-refractivity contribution in [2.24, 2.45) is 5.92 Å². The number of fused-ring (bicyclic) bond motifs is 1. The van der Waals surface area contributed by atoms with Crippen LogP contribution >= 0.6 is 0 Å². The zero-order valence-corrected chi connectivity index (χ0v) is 10.4. The molecule has 3 nitrogen and oxygen atoms in total. The summed E-state index contributed by atoms with van der Waals surface area (Å²) in [5.74, 6) is -1.24. The molecule has 0 heterocycles. The fourth-order valence-corrected chi connectivity index (χ4v) is 2.78. The highest BCUT2D eigenvalue weighted by atomic mass is 16.3. The Morgan fingerprint density at radius 2 is 1.79 bits per heavy atom. The number of aliphatic hydroxyl groups excluding tert-OH is 1. The van der Waals surface area contributed by atoms with E-state index in [1.807, 2.05) is 12.2 Å². The summed E-state index contributed by atoms with van der Waals surface area (Å²) in [4.78, 5) is 24.3. The predicted molar refractivity (Wildman–Crippen MR) is 71.8 cm³/mol. The summed E-state index contributed by atoms with van der Waals surface area (Å²) in [5.41, 5.74) is 1.04. The maximum atomic E-state index is 12.2. The van der Waals surface area contributed by atoms with E-state index in [2.05, 4.69) is 0 Å². The highest BCUT2D eigenvalue weighted by Gasteiger charge is 2.35. The predicted octanol–water partition coefficient (Wildman–Crippen LogP) is 3.08. The molecule has 0 aromatic heterocycles. The Bertz CT molecular complexity index is 623. The van der Waals surface area contributed by atoms with Crippen LogP contribution in [0.4, 0.5) is 0 Å². The monoisotopic (exact) mass is 254 g/mol. The quantitative estimate of drug-likeness (QED) is 0.619. The van der Waals surface area contributed by atoms with Gasteiger partial charge in [-0.25, -0.2) is 0 Å². The number of aliphatic hydroxyl groups is 1. The highest BCUT2D eigenvalue weighted by molar-refractivity contribution is 6.52. The lowest BCUT2D eigenvalue weighted by atomic mass is 9.79. The van der Waals surface area contributed by atoms with Gasteiger partial charge >= 0.3 is 0 Å². The number of carbonyl (C=O) groups excluding carboxylic acids is 2. The fraction of sp³-hybridized carbons (Fsp3) is 0.250. The molecule has 0 bridgehead atoms. The van der Waals surface area contributed by atoms with Crippen LogP contribution in [-0.4, -0.2) is 16.7 Å². The number of ketones is 2. The molecule has 0 saturated heterocycles. The maximum absolute atomic E-state index is 12.2. The summed E-state index contributed by atoms with van der Waals surface area (Å²) in [5, 5.41) is 10.3. The molecule has 0 spiro atoms. The van der Waals surface area contributed by atoms with Crippen LogP contribution in [0.2, 0.25) is 0 Å². The van der Waals surface area contributed by atoms with E-state index in [1.54, 1.807) is 24.3 Å². The van der Waals surface area contributed by atoms with E-state index >= 15 is 0 Å². The van der Waals surface area contributed by atoms with Gasteiger partial charge in [0.2, 0.25) is 11.6 Å². The fourth-order valence-electron chi connectivity index (χ4n) is 2.78. The lowest BCUT2D eigenvalue weighted by Gasteiger charge is -2.24.